The first-order chi connectivity index (χ1) is 7.77. The van der Waals surface area contributed by atoms with E-state index in [4.69, 9.17) is 0 Å². The van der Waals surface area contributed by atoms with Gasteiger partial charge in [-0.25, -0.2) is 0 Å². The zero-order valence-electron chi connectivity index (χ0n) is 12.4. The third-order valence-electron chi connectivity index (χ3n) is 3.30. The lowest BCUT2D eigenvalue weighted by Crippen LogP contribution is -2.33. The second-order valence-corrected chi connectivity index (χ2v) is 6.17. The van der Waals surface area contributed by atoms with E-state index in [-0.39, 0.29) is 5.41 Å². The SMILES string of the molecule is CCNC(c1c(C)cc(C)cc1C)C(C)(C)C. The average molecular weight is 233 g/mol. The molecule has 1 atom stereocenters. The van der Waals surface area contributed by atoms with Crippen molar-refractivity contribution in [2.75, 3.05) is 6.54 Å². The highest BCUT2D eigenvalue weighted by Crippen LogP contribution is 2.36. The fraction of sp³-hybridized carbons (Fsp3) is 0.625. The van der Waals surface area contributed by atoms with E-state index in [9.17, 15) is 0 Å². The Morgan fingerprint density at radius 1 is 1.06 bits per heavy atom. The van der Waals surface area contributed by atoms with E-state index in [1.807, 2.05) is 0 Å². The molecule has 0 spiro atoms. The molecule has 1 nitrogen and oxygen atoms in total. The van der Waals surface area contributed by atoms with Crippen molar-refractivity contribution in [2.45, 2.75) is 54.5 Å². The minimum atomic E-state index is 0.237. The molecule has 17 heavy (non-hydrogen) atoms. The zero-order chi connectivity index (χ0) is 13.2. The van der Waals surface area contributed by atoms with Crippen LogP contribution in [-0.2, 0) is 0 Å². The van der Waals surface area contributed by atoms with E-state index in [1.165, 1.54) is 22.3 Å². The van der Waals surface area contributed by atoms with Gasteiger partial charge >= 0.3 is 0 Å². The second kappa shape index (κ2) is 5.22. The maximum atomic E-state index is 3.64. The monoisotopic (exact) mass is 233 g/mol. The van der Waals surface area contributed by atoms with Crippen LogP contribution in [0.4, 0.5) is 0 Å². The van der Waals surface area contributed by atoms with Crippen molar-refractivity contribution >= 4 is 0 Å². The summed E-state index contributed by atoms with van der Waals surface area (Å²) in [5.74, 6) is 0. The Balaban J connectivity index is 3.28. The Hall–Kier alpha value is -0.820. The van der Waals surface area contributed by atoms with E-state index in [1.54, 1.807) is 0 Å². The zero-order valence-corrected chi connectivity index (χ0v) is 12.4. The largest absolute Gasteiger partial charge is 0.310 e. The van der Waals surface area contributed by atoms with Crippen LogP contribution in [-0.4, -0.2) is 6.54 Å². The van der Waals surface area contributed by atoms with Gasteiger partial charge in [0.15, 0.2) is 0 Å². The summed E-state index contributed by atoms with van der Waals surface area (Å²) in [6, 6.07) is 5.00. The average Bonchev–Trinajstić information content (AvgIpc) is 2.13. The minimum absolute atomic E-state index is 0.237. The van der Waals surface area contributed by atoms with Crippen LogP contribution >= 0.6 is 0 Å². The predicted molar refractivity (Wildman–Crippen MR) is 76.5 cm³/mol. The fourth-order valence-electron chi connectivity index (χ4n) is 2.69. The lowest BCUT2D eigenvalue weighted by Gasteiger charge is -2.34. The van der Waals surface area contributed by atoms with Crippen LogP contribution in [0.5, 0.6) is 0 Å². The molecule has 0 saturated heterocycles. The fourth-order valence-corrected chi connectivity index (χ4v) is 2.69. The van der Waals surface area contributed by atoms with Gasteiger partial charge in [-0.15, -0.1) is 0 Å². The van der Waals surface area contributed by atoms with Crippen LogP contribution in [0.1, 0.15) is 56.0 Å². The summed E-state index contributed by atoms with van der Waals surface area (Å²) in [5.41, 5.74) is 5.88. The van der Waals surface area contributed by atoms with Gasteiger partial charge in [-0.05, 0) is 49.4 Å². The molecule has 1 aromatic rings. The number of aryl methyl sites for hydroxylation is 3. The molecule has 1 aromatic carbocycles. The number of nitrogens with one attached hydrogen (secondary N) is 1. The lowest BCUT2D eigenvalue weighted by atomic mass is 9.79. The van der Waals surface area contributed by atoms with Crippen LogP contribution in [0.25, 0.3) is 0 Å². The van der Waals surface area contributed by atoms with Gasteiger partial charge in [0.05, 0.1) is 0 Å². The molecular formula is C16H27N. The quantitative estimate of drug-likeness (QED) is 0.820. The molecule has 0 aliphatic carbocycles. The molecule has 0 saturated carbocycles. The summed E-state index contributed by atoms with van der Waals surface area (Å²) in [4.78, 5) is 0. The van der Waals surface area contributed by atoms with Gasteiger partial charge in [-0.1, -0.05) is 45.4 Å². The first-order valence-corrected chi connectivity index (χ1v) is 6.58. The first kappa shape index (κ1) is 14.2. The standard InChI is InChI=1S/C16H27N/c1-8-17-15(16(5,6)7)14-12(3)9-11(2)10-13(14)4/h9-10,15,17H,8H2,1-7H3. The maximum Gasteiger partial charge on any atom is 0.0374 e. The van der Waals surface area contributed by atoms with Gasteiger partial charge in [-0.3, -0.25) is 0 Å². The third kappa shape index (κ3) is 3.32. The highest BCUT2D eigenvalue weighted by atomic mass is 14.9. The van der Waals surface area contributed by atoms with Crippen LogP contribution in [0.15, 0.2) is 12.1 Å². The lowest BCUT2D eigenvalue weighted by molar-refractivity contribution is 0.275. The molecular weight excluding hydrogens is 206 g/mol. The van der Waals surface area contributed by atoms with E-state index < -0.39 is 0 Å². The van der Waals surface area contributed by atoms with Gasteiger partial charge < -0.3 is 5.32 Å². The molecule has 1 rings (SSSR count). The Kier molecular flexibility index (Phi) is 4.37. The van der Waals surface area contributed by atoms with Gasteiger partial charge in [0, 0.05) is 6.04 Å². The van der Waals surface area contributed by atoms with Crippen molar-refractivity contribution in [2.24, 2.45) is 5.41 Å². The van der Waals surface area contributed by atoms with Crippen LogP contribution in [0.3, 0.4) is 0 Å². The predicted octanol–water partition coefficient (Wildman–Crippen LogP) is 4.31. The number of rotatable bonds is 3. The van der Waals surface area contributed by atoms with E-state index in [0.29, 0.717) is 6.04 Å². The Morgan fingerprint density at radius 2 is 1.53 bits per heavy atom. The van der Waals surface area contributed by atoms with Crippen molar-refractivity contribution < 1.29 is 0 Å². The molecule has 1 heteroatoms. The van der Waals surface area contributed by atoms with E-state index in [2.05, 4.69) is 65.9 Å². The molecule has 0 aromatic heterocycles. The van der Waals surface area contributed by atoms with Crippen LogP contribution in [0.2, 0.25) is 0 Å². The highest BCUT2D eigenvalue weighted by molar-refractivity contribution is 5.40. The van der Waals surface area contributed by atoms with E-state index >= 15 is 0 Å². The molecule has 0 radical (unpaired) electrons. The van der Waals surface area contributed by atoms with E-state index in [0.717, 1.165) is 6.54 Å². The summed E-state index contributed by atoms with van der Waals surface area (Å²) >= 11 is 0. The first-order valence-electron chi connectivity index (χ1n) is 6.58. The molecule has 0 amide bonds. The Morgan fingerprint density at radius 3 is 1.88 bits per heavy atom. The van der Waals surface area contributed by atoms with Gasteiger partial charge in [-0.2, -0.15) is 0 Å². The normalized spacial score (nSPS) is 13.8. The molecule has 0 aliphatic rings. The number of benzene rings is 1. The van der Waals surface area contributed by atoms with Crippen molar-refractivity contribution in [3.05, 3.63) is 34.4 Å². The number of hydrogen-bond donors (Lipinski definition) is 1. The molecule has 96 valence electrons. The second-order valence-electron chi connectivity index (χ2n) is 6.17. The van der Waals surface area contributed by atoms with Crippen LogP contribution in [0, 0.1) is 26.2 Å². The summed E-state index contributed by atoms with van der Waals surface area (Å²) in [6.07, 6.45) is 0. The molecule has 1 N–H and O–H groups in total. The van der Waals surface area contributed by atoms with Crippen molar-refractivity contribution in [1.82, 2.24) is 5.32 Å². The topological polar surface area (TPSA) is 12.0 Å². The van der Waals surface area contributed by atoms with Crippen molar-refractivity contribution in [3.8, 4) is 0 Å². The van der Waals surface area contributed by atoms with Crippen molar-refractivity contribution in [1.29, 1.82) is 0 Å². The van der Waals surface area contributed by atoms with Gasteiger partial charge in [0.1, 0.15) is 0 Å². The summed E-state index contributed by atoms with van der Waals surface area (Å²) in [5, 5.41) is 3.64. The molecule has 0 bridgehead atoms. The summed E-state index contributed by atoms with van der Waals surface area (Å²) < 4.78 is 0. The molecule has 1 unspecified atom stereocenters. The summed E-state index contributed by atoms with van der Waals surface area (Å²) in [7, 11) is 0. The minimum Gasteiger partial charge on any atom is -0.310 e. The molecule has 0 fully saturated rings. The Bertz CT molecular complexity index is 362. The smallest absolute Gasteiger partial charge is 0.0374 e. The maximum absolute atomic E-state index is 3.64. The summed E-state index contributed by atoms with van der Waals surface area (Å²) in [6.45, 7) is 16.7. The van der Waals surface area contributed by atoms with Crippen molar-refractivity contribution in [3.63, 3.8) is 0 Å². The van der Waals surface area contributed by atoms with Crippen LogP contribution < -0.4 is 5.32 Å². The number of hydrogen-bond acceptors (Lipinski definition) is 1. The third-order valence-corrected chi connectivity index (χ3v) is 3.30. The Labute approximate surface area is 107 Å². The van der Waals surface area contributed by atoms with Gasteiger partial charge in [0.25, 0.3) is 0 Å². The highest BCUT2D eigenvalue weighted by Gasteiger charge is 2.27. The molecule has 0 heterocycles. The molecule has 0 aliphatic heterocycles. The van der Waals surface area contributed by atoms with Gasteiger partial charge in [0.2, 0.25) is 0 Å².